The quantitative estimate of drug-likeness (QED) is 0.619. The molecule has 0 aliphatic heterocycles. The van der Waals surface area contributed by atoms with Crippen LogP contribution in [0.5, 0.6) is 11.5 Å². The van der Waals surface area contributed by atoms with E-state index in [1.54, 1.807) is 42.5 Å². The molecule has 0 bridgehead atoms. The minimum absolute atomic E-state index is 0.125. The summed E-state index contributed by atoms with van der Waals surface area (Å²) in [5.74, 6) is 0.334. The topological polar surface area (TPSA) is 70.9 Å². The molecule has 0 fully saturated rings. The van der Waals surface area contributed by atoms with Gasteiger partial charge in [-0.25, -0.2) is 5.43 Å². The molecule has 1 amide bonds. The van der Waals surface area contributed by atoms with Gasteiger partial charge in [0.2, 0.25) is 0 Å². The fourth-order valence-electron chi connectivity index (χ4n) is 2.13. The predicted octanol–water partition coefficient (Wildman–Crippen LogP) is 3.66. The van der Waals surface area contributed by atoms with Crippen LogP contribution in [0, 0.1) is 6.92 Å². The van der Waals surface area contributed by atoms with Crippen LogP contribution in [0.15, 0.2) is 47.6 Å². The summed E-state index contributed by atoms with van der Waals surface area (Å²) in [5, 5.41) is 14.5. The van der Waals surface area contributed by atoms with Gasteiger partial charge < -0.3 is 9.84 Å². The molecule has 6 heteroatoms. The maximum Gasteiger partial charge on any atom is 0.277 e. The zero-order valence-corrected chi connectivity index (χ0v) is 14.3. The number of phenols is 1. The van der Waals surface area contributed by atoms with Crippen molar-refractivity contribution in [1.82, 2.24) is 5.43 Å². The van der Waals surface area contributed by atoms with Gasteiger partial charge in [-0.15, -0.1) is 0 Å². The number of carbonyl (C=O) groups is 1. The van der Waals surface area contributed by atoms with Crippen molar-refractivity contribution in [1.29, 1.82) is 0 Å². The number of aromatic hydroxyl groups is 1. The number of phenolic OH excluding ortho intramolecular Hbond substituents is 1. The first-order chi connectivity index (χ1) is 11.5. The number of nitrogens with one attached hydrogen (secondary N) is 1. The van der Waals surface area contributed by atoms with E-state index in [2.05, 4.69) is 10.5 Å². The van der Waals surface area contributed by atoms with E-state index in [0.717, 1.165) is 5.56 Å². The van der Waals surface area contributed by atoms with Crippen molar-refractivity contribution in [3.05, 3.63) is 58.6 Å². The first-order valence-corrected chi connectivity index (χ1v) is 7.91. The zero-order valence-electron chi connectivity index (χ0n) is 13.5. The molecule has 0 heterocycles. The highest BCUT2D eigenvalue weighted by molar-refractivity contribution is 6.30. The second kappa shape index (κ2) is 8.36. The Kier molecular flexibility index (Phi) is 6.21. The monoisotopic (exact) mass is 346 g/mol. The third-order valence-electron chi connectivity index (χ3n) is 3.36. The van der Waals surface area contributed by atoms with Crippen molar-refractivity contribution in [2.24, 2.45) is 5.10 Å². The van der Waals surface area contributed by atoms with Crippen molar-refractivity contribution in [3.8, 4) is 11.5 Å². The number of para-hydroxylation sites is 1. The lowest BCUT2D eigenvalue weighted by atomic mass is 10.1. The van der Waals surface area contributed by atoms with Gasteiger partial charge in [0.05, 0.1) is 5.71 Å². The standard InChI is InChI=1S/C18H19ClN2O3/c1-3-15(14-6-4-5-7-16(14)22)20-21-18(23)11-24-17-9-8-13(19)10-12(17)2/h4-10,22H,3,11H2,1-2H3,(H,21,23)/b20-15+. The van der Waals surface area contributed by atoms with Crippen LogP contribution in [0.2, 0.25) is 5.02 Å². The fourth-order valence-corrected chi connectivity index (χ4v) is 2.35. The lowest BCUT2D eigenvalue weighted by Crippen LogP contribution is -2.26. The van der Waals surface area contributed by atoms with E-state index in [-0.39, 0.29) is 18.3 Å². The Balaban J connectivity index is 1.97. The maximum atomic E-state index is 11.9. The average Bonchev–Trinajstić information content (AvgIpc) is 2.56. The highest BCUT2D eigenvalue weighted by Crippen LogP contribution is 2.21. The number of aryl methyl sites for hydroxylation is 1. The summed E-state index contributed by atoms with van der Waals surface area (Å²) < 4.78 is 5.46. The van der Waals surface area contributed by atoms with E-state index in [9.17, 15) is 9.90 Å². The molecule has 0 saturated carbocycles. The van der Waals surface area contributed by atoms with Crippen LogP contribution in [0.25, 0.3) is 0 Å². The van der Waals surface area contributed by atoms with Crippen molar-refractivity contribution in [3.63, 3.8) is 0 Å². The molecule has 2 aromatic carbocycles. The number of halogens is 1. The number of rotatable bonds is 6. The molecule has 0 unspecified atom stereocenters. The molecule has 24 heavy (non-hydrogen) atoms. The largest absolute Gasteiger partial charge is 0.507 e. The van der Waals surface area contributed by atoms with Crippen LogP contribution in [-0.4, -0.2) is 23.3 Å². The summed E-state index contributed by atoms with van der Waals surface area (Å²) in [7, 11) is 0. The van der Waals surface area contributed by atoms with E-state index in [1.165, 1.54) is 0 Å². The van der Waals surface area contributed by atoms with Gasteiger partial charge >= 0.3 is 0 Å². The number of carbonyl (C=O) groups excluding carboxylic acids is 1. The Hall–Kier alpha value is -2.53. The number of nitrogens with zero attached hydrogens (tertiary/aromatic N) is 1. The smallest absolute Gasteiger partial charge is 0.277 e. The summed E-state index contributed by atoms with van der Waals surface area (Å²) in [4.78, 5) is 11.9. The predicted molar refractivity (Wildman–Crippen MR) is 94.8 cm³/mol. The third kappa shape index (κ3) is 4.73. The van der Waals surface area contributed by atoms with Crippen LogP contribution in [-0.2, 0) is 4.79 Å². The Morgan fingerprint density at radius 1 is 1.29 bits per heavy atom. The number of hydrogen-bond acceptors (Lipinski definition) is 4. The number of hydrazone groups is 1. The minimum Gasteiger partial charge on any atom is -0.507 e. The molecule has 0 radical (unpaired) electrons. The molecular weight excluding hydrogens is 328 g/mol. The highest BCUT2D eigenvalue weighted by Gasteiger charge is 2.08. The summed E-state index contributed by atoms with van der Waals surface area (Å²) in [6.07, 6.45) is 0.564. The van der Waals surface area contributed by atoms with Gasteiger partial charge in [0.25, 0.3) is 5.91 Å². The molecule has 0 saturated heterocycles. The Morgan fingerprint density at radius 3 is 2.71 bits per heavy atom. The van der Waals surface area contributed by atoms with E-state index in [1.807, 2.05) is 13.8 Å². The molecule has 0 aliphatic rings. The van der Waals surface area contributed by atoms with Gasteiger partial charge in [0, 0.05) is 10.6 Å². The summed E-state index contributed by atoms with van der Waals surface area (Å²) in [6.45, 7) is 3.58. The normalized spacial score (nSPS) is 11.2. The lowest BCUT2D eigenvalue weighted by molar-refractivity contribution is -0.123. The average molecular weight is 347 g/mol. The van der Waals surface area contributed by atoms with Crippen molar-refractivity contribution in [2.75, 3.05) is 6.61 Å². The lowest BCUT2D eigenvalue weighted by Gasteiger charge is -2.09. The molecule has 0 spiro atoms. The van der Waals surface area contributed by atoms with Crippen LogP contribution in [0.4, 0.5) is 0 Å². The molecule has 2 rings (SSSR count). The molecule has 126 valence electrons. The SMILES string of the molecule is CC/C(=N\NC(=O)COc1ccc(Cl)cc1C)c1ccccc1O. The molecule has 5 nitrogen and oxygen atoms in total. The summed E-state index contributed by atoms with van der Waals surface area (Å²) in [5.41, 5.74) is 4.48. The van der Waals surface area contributed by atoms with Crippen LogP contribution >= 0.6 is 11.6 Å². The Morgan fingerprint density at radius 2 is 2.04 bits per heavy atom. The zero-order chi connectivity index (χ0) is 17.5. The molecule has 2 aromatic rings. The van der Waals surface area contributed by atoms with E-state index in [4.69, 9.17) is 16.3 Å². The third-order valence-corrected chi connectivity index (χ3v) is 3.60. The molecule has 0 aliphatic carbocycles. The summed E-state index contributed by atoms with van der Waals surface area (Å²) >= 11 is 5.88. The second-order valence-electron chi connectivity index (χ2n) is 5.16. The van der Waals surface area contributed by atoms with Crippen molar-refractivity contribution < 1.29 is 14.6 Å². The van der Waals surface area contributed by atoms with Crippen molar-refractivity contribution >= 4 is 23.2 Å². The Labute approximate surface area is 145 Å². The second-order valence-corrected chi connectivity index (χ2v) is 5.60. The number of benzene rings is 2. The van der Waals surface area contributed by atoms with Gasteiger partial charge in [-0.05, 0) is 49.2 Å². The van der Waals surface area contributed by atoms with Gasteiger partial charge in [0.15, 0.2) is 6.61 Å². The van der Waals surface area contributed by atoms with E-state index in [0.29, 0.717) is 28.5 Å². The fraction of sp³-hybridized carbons (Fsp3) is 0.222. The van der Waals surface area contributed by atoms with Crippen LogP contribution < -0.4 is 10.2 Å². The first kappa shape index (κ1) is 17.8. The molecular formula is C18H19ClN2O3. The Bertz CT molecular complexity index is 760. The van der Waals surface area contributed by atoms with Crippen LogP contribution in [0.3, 0.4) is 0 Å². The molecule has 0 aromatic heterocycles. The van der Waals surface area contributed by atoms with Crippen molar-refractivity contribution in [2.45, 2.75) is 20.3 Å². The molecule has 0 atom stereocenters. The molecule has 2 N–H and O–H groups in total. The summed E-state index contributed by atoms with van der Waals surface area (Å²) in [6, 6.07) is 12.0. The van der Waals surface area contributed by atoms with Gasteiger partial charge in [-0.3, -0.25) is 4.79 Å². The van der Waals surface area contributed by atoms with Gasteiger partial charge in [-0.2, -0.15) is 5.10 Å². The van der Waals surface area contributed by atoms with Gasteiger partial charge in [0.1, 0.15) is 11.5 Å². The highest BCUT2D eigenvalue weighted by atomic mass is 35.5. The number of amides is 1. The minimum atomic E-state index is -0.384. The van der Waals surface area contributed by atoms with E-state index >= 15 is 0 Å². The maximum absolute atomic E-state index is 11.9. The number of hydrogen-bond donors (Lipinski definition) is 2. The van der Waals surface area contributed by atoms with Crippen LogP contribution in [0.1, 0.15) is 24.5 Å². The van der Waals surface area contributed by atoms with E-state index < -0.39 is 0 Å². The first-order valence-electron chi connectivity index (χ1n) is 7.54. The number of ether oxygens (including phenoxy) is 1. The van der Waals surface area contributed by atoms with Gasteiger partial charge in [-0.1, -0.05) is 30.7 Å².